The van der Waals surface area contributed by atoms with Crippen LogP contribution >= 0.6 is 11.3 Å². The van der Waals surface area contributed by atoms with Crippen molar-refractivity contribution >= 4 is 43.8 Å². The van der Waals surface area contributed by atoms with Gasteiger partial charge in [-0.05, 0) is 34.4 Å². The molecule has 0 radical (unpaired) electrons. The molecule has 0 saturated carbocycles. The summed E-state index contributed by atoms with van der Waals surface area (Å²) in [5.41, 5.74) is -1.77. The van der Waals surface area contributed by atoms with E-state index in [1.165, 1.54) is 18.2 Å². The summed E-state index contributed by atoms with van der Waals surface area (Å²) >= 11 is 1.04. The SMILES string of the molecule is O=C(O)c1nc(-c2sccc2NS(=O)(=O)c2ccc3ccccc3c2)[nH]c(=O)c1O. The van der Waals surface area contributed by atoms with Gasteiger partial charge in [-0.15, -0.1) is 11.3 Å². The smallest absolute Gasteiger partial charge is 0.358 e. The number of aromatic amines is 1. The van der Waals surface area contributed by atoms with Crippen molar-refractivity contribution in [2.24, 2.45) is 0 Å². The van der Waals surface area contributed by atoms with Crippen LogP contribution < -0.4 is 10.3 Å². The van der Waals surface area contributed by atoms with Gasteiger partial charge in [0, 0.05) is 0 Å². The van der Waals surface area contributed by atoms with Crippen molar-refractivity contribution in [2.75, 3.05) is 4.72 Å². The lowest BCUT2D eigenvalue weighted by Crippen LogP contribution is -2.16. The molecule has 2 aromatic heterocycles. The highest BCUT2D eigenvalue weighted by atomic mass is 32.2. The van der Waals surface area contributed by atoms with Gasteiger partial charge in [0.15, 0.2) is 11.5 Å². The Morgan fingerprint density at radius 2 is 1.83 bits per heavy atom. The van der Waals surface area contributed by atoms with Crippen LogP contribution in [0.1, 0.15) is 10.5 Å². The third-order valence-electron chi connectivity index (χ3n) is 4.25. The maximum atomic E-state index is 12.9. The van der Waals surface area contributed by atoms with E-state index in [9.17, 15) is 23.1 Å². The quantitative estimate of drug-likeness (QED) is 0.370. The van der Waals surface area contributed by atoms with Crippen molar-refractivity contribution in [3.8, 4) is 16.5 Å². The largest absolute Gasteiger partial charge is 0.501 e. The van der Waals surface area contributed by atoms with Crippen LogP contribution in [-0.4, -0.2) is 34.6 Å². The predicted octanol–water partition coefficient (Wildman–Crippen LogP) is 2.86. The van der Waals surface area contributed by atoms with E-state index < -0.39 is 33.0 Å². The number of sulfonamides is 1. The van der Waals surface area contributed by atoms with E-state index >= 15 is 0 Å². The molecule has 152 valence electrons. The Labute approximate surface area is 173 Å². The number of anilines is 1. The topological polar surface area (TPSA) is 149 Å². The van der Waals surface area contributed by atoms with Gasteiger partial charge in [0.2, 0.25) is 5.75 Å². The monoisotopic (exact) mass is 443 g/mol. The van der Waals surface area contributed by atoms with Crippen molar-refractivity contribution in [2.45, 2.75) is 4.90 Å². The summed E-state index contributed by atoms with van der Waals surface area (Å²) in [6.07, 6.45) is 0. The average Bonchev–Trinajstić information content (AvgIpc) is 3.16. The van der Waals surface area contributed by atoms with Gasteiger partial charge < -0.3 is 15.2 Å². The van der Waals surface area contributed by atoms with E-state index in [0.717, 1.165) is 22.1 Å². The van der Waals surface area contributed by atoms with Gasteiger partial charge in [-0.3, -0.25) is 9.52 Å². The molecule has 9 nitrogen and oxygen atoms in total. The molecule has 4 aromatic rings. The third kappa shape index (κ3) is 3.51. The van der Waals surface area contributed by atoms with Crippen LogP contribution in [-0.2, 0) is 10.0 Å². The number of carboxylic acid groups (broad SMARTS) is 1. The molecule has 0 amide bonds. The fourth-order valence-electron chi connectivity index (χ4n) is 2.83. The number of carboxylic acids is 1. The van der Waals surface area contributed by atoms with Crippen molar-refractivity contribution in [3.63, 3.8) is 0 Å². The van der Waals surface area contributed by atoms with E-state index in [-0.39, 0.29) is 21.3 Å². The second kappa shape index (κ2) is 7.28. The second-order valence-electron chi connectivity index (χ2n) is 6.19. The summed E-state index contributed by atoms with van der Waals surface area (Å²) in [7, 11) is -3.98. The summed E-state index contributed by atoms with van der Waals surface area (Å²) in [4.78, 5) is 29.3. The first-order valence-electron chi connectivity index (χ1n) is 8.42. The molecule has 0 bridgehead atoms. The van der Waals surface area contributed by atoms with Crippen LogP contribution in [0.4, 0.5) is 5.69 Å². The Hall–Kier alpha value is -3.70. The molecule has 0 fully saturated rings. The molecule has 11 heteroatoms. The summed E-state index contributed by atoms with van der Waals surface area (Å²) < 4.78 is 28.2. The molecule has 4 N–H and O–H groups in total. The number of aromatic carboxylic acids is 1. The molecule has 0 unspecified atom stereocenters. The van der Waals surface area contributed by atoms with E-state index in [0.29, 0.717) is 0 Å². The maximum Gasteiger partial charge on any atom is 0.358 e. The van der Waals surface area contributed by atoms with Gasteiger partial charge in [-0.25, -0.2) is 18.2 Å². The average molecular weight is 443 g/mol. The van der Waals surface area contributed by atoms with Crippen molar-refractivity contribution in [3.05, 3.63) is 70.0 Å². The van der Waals surface area contributed by atoms with Gasteiger partial charge in [0.1, 0.15) is 0 Å². The number of aromatic hydroxyl groups is 1. The third-order valence-corrected chi connectivity index (χ3v) is 6.54. The molecule has 0 aliphatic carbocycles. The van der Waals surface area contributed by atoms with E-state index in [1.807, 2.05) is 12.1 Å². The Morgan fingerprint density at radius 1 is 1.10 bits per heavy atom. The lowest BCUT2D eigenvalue weighted by atomic mass is 10.1. The number of nitrogens with one attached hydrogen (secondary N) is 2. The minimum absolute atomic E-state index is 0.0386. The Kier molecular flexibility index (Phi) is 4.76. The van der Waals surface area contributed by atoms with E-state index in [1.54, 1.807) is 23.6 Å². The van der Waals surface area contributed by atoms with Crippen LogP contribution in [0.3, 0.4) is 0 Å². The molecule has 2 heterocycles. The molecule has 4 rings (SSSR count). The molecule has 0 aliphatic heterocycles. The standard InChI is InChI=1S/C19H13N3O6S2/c23-15-14(19(25)26)20-17(21-18(15)24)16-13(7-8-29-16)22-30(27,28)12-6-5-10-3-1-2-4-11(10)9-12/h1-9,22-23H,(H,25,26)(H,20,21,24). The Balaban J connectivity index is 1.75. The molecule has 2 aromatic carbocycles. The number of nitrogens with zero attached hydrogens (tertiary/aromatic N) is 1. The molecule has 30 heavy (non-hydrogen) atoms. The number of H-pyrrole nitrogens is 1. The van der Waals surface area contributed by atoms with Crippen LogP contribution in [0.5, 0.6) is 5.75 Å². The highest BCUT2D eigenvalue weighted by Crippen LogP contribution is 2.33. The normalized spacial score (nSPS) is 11.5. The van der Waals surface area contributed by atoms with Gasteiger partial charge in [0.25, 0.3) is 15.6 Å². The first kappa shape index (κ1) is 19.6. The molecule has 0 saturated heterocycles. The van der Waals surface area contributed by atoms with Crippen molar-refractivity contribution < 1.29 is 23.4 Å². The van der Waals surface area contributed by atoms with Crippen molar-refractivity contribution in [1.29, 1.82) is 0 Å². The lowest BCUT2D eigenvalue weighted by Gasteiger charge is -2.10. The molecular formula is C19H13N3O6S2. The fourth-order valence-corrected chi connectivity index (χ4v) is 4.80. The van der Waals surface area contributed by atoms with E-state index in [2.05, 4.69) is 14.7 Å². The zero-order valence-corrected chi connectivity index (χ0v) is 16.6. The number of hydrogen-bond acceptors (Lipinski definition) is 7. The molecule has 0 spiro atoms. The molecular weight excluding hydrogens is 430 g/mol. The number of carbonyl (C=O) groups is 1. The van der Waals surface area contributed by atoms with Gasteiger partial charge in [-0.2, -0.15) is 0 Å². The summed E-state index contributed by atoms with van der Waals surface area (Å²) in [6, 6.07) is 13.5. The van der Waals surface area contributed by atoms with Crippen LogP contribution in [0, 0.1) is 0 Å². The van der Waals surface area contributed by atoms with Crippen LogP contribution in [0.15, 0.2) is 63.6 Å². The van der Waals surface area contributed by atoms with Gasteiger partial charge in [0.05, 0.1) is 15.5 Å². The first-order valence-corrected chi connectivity index (χ1v) is 10.8. The Bertz CT molecular complexity index is 1460. The number of rotatable bonds is 5. The second-order valence-corrected chi connectivity index (χ2v) is 8.79. The molecule has 0 atom stereocenters. The highest BCUT2D eigenvalue weighted by Gasteiger charge is 2.22. The minimum Gasteiger partial charge on any atom is -0.501 e. The summed E-state index contributed by atoms with van der Waals surface area (Å²) in [5, 5.41) is 21.9. The Morgan fingerprint density at radius 3 is 2.57 bits per heavy atom. The van der Waals surface area contributed by atoms with Crippen LogP contribution in [0.25, 0.3) is 21.5 Å². The summed E-state index contributed by atoms with van der Waals surface area (Å²) in [5.74, 6) is -2.79. The number of benzene rings is 2. The number of thiophene rings is 1. The maximum absolute atomic E-state index is 12.9. The van der Waals surface area contributed by atoms with Gasteiger partial charge in [-0.1, -0.05) is 30.3 Å². The van der Waals surface area contributed by atoms with E-state index in [4.69, 9.17) is 5.11 Å². The zero-order valence-electron chi connectivity index (χ0n) is 15.0. The first-order chi connectivity index (χ1) is 14.3. The number of aromatic nitrogens is 2. The fraction of sp³-hybridized carbons (Fsp3) is 0. The lowest BCUT2D eigenvalue weighted by molar-refractivity contribution is 0.0686. The van der Waals surface area contributed by atoms with Gasteiger partial charge >= 0.3 is 5.97 Å². The zero-order chi connectivity index (χ0) is 21.5. The minimum atomic E-state index is -3.98. The number of hydrogen-bond donors (Lipinski definition) is 4. The summed E-state index contributed by atoms with van der Waals surface area (Å²) in [6.45, 7) is 0. The number of fused-ring (bicyclic) bond motifs is 1. The van der Waals surface area contributed by atoms with Crippen LogP contribution in [0.2, 0.25) is 0 Å². The highest BCUT2D eigenvalue weighted by molar-refractivity contribution is 7.92. The predicted molar refractivity (Wildman–Crippen MR) is 112 cm³/mol. The van der Waals surface area contributed by atoms with Crippen molar-refractivity contribution in [1.82, 2.24) is 9.97 Å². The molecule has 0 aliphatic rings.